The quantitative estimate of drug-likeness (QED) is 0.372. The number of carbonyl (C=O) groups excluding carboxylic acids is 2. The van der Waals surface area contributed by atoms with Gasteiger partial charge in [-0.2, -0.15) is 4.31 Å². The molecule has 0 saturated carbocycles. The monoisotopic (exact) mass is 650 g/mol. The number of rotatable bonds is 8. The minimum absolute atomic E-state index is 0.102. The molecule has 234 valence electrons. The van der Waals surface area contributed by atoms with Crippen molar-refractivity contribution in [3.8, 4) is 0 Å². The molecule has 0 radical (unpaired) electrons. The number of aromatic nitrogens is 3. The molecule has 13 nitrogen and oxygen atoms in total. The molecule has 3 aromatic heterocycles. The van der Waals surface area contributed by atoms with Gasteiger partial charge in [0.25, 0.3) is 10.0 Å². The minimum atomic E-state index is -3.77. The fourth-order valence-electron chi connectivity index (χ4n) is 5.01. The summed E-state index contributed by atoms with van der Waals surface area (Å²) in [7, 11) is -3.77. The smallest absolute Gasteiger partial charge is 0.410 e. The summed E-state index contributed by atoms with van der Waals surface area (Å²) in [4.78, 5) is 41.7. The molecule has 2 N–H and O–H groups in total. The summed E-state index contributed by atoms with van der Waals surface area (Å²) in [5.74, 6) is 0.111. The van der Waals surface area contributed by atoms with Gasteiger partial charge < -0.3 is 20.3 Å². The van der Waals surface area contributed by atoms with Crippen LogP contribution < -0.4 is 10.6 Å². The predicted molar refractivity (Wildman–Crippen MR) is 167 cm³/mol. The number of piperazine rings is 1. The lowest BCUT2D eigenvalue weighted by Gasteiger charge is -2.38. The van der Waals surface area contributed by atoms with E-state index in [1.54, 1.807) is 45.4 Å². The standard InChI is InChI=1S/C27H38N8O5S3/c1-16-14-41-21-20(16)28-15-29-22(21)30-17(2)11-33-7-9-35(10-8-33)43(38,39)24-18(3)31-25(42-24)32-23(36)19-12-34(13-19)26(37)40-27(4,5)6/h14-15,17,19H,7-13H2,1-6H3,(H,28,29,30)(H,31,32,36)/t17-/m0/s1. The summed E-state index contributed by atoms with van der Waals surface area (Å²) in [6, 6.07) is 0.102. The summed E-state index contributed by atoms with van der Waals surface area (Å²) in [5, 5.41) is 8.53. The fourth-order valence-corrected chi connectivity index (χ4v) is 8.94. The van der Waals surface area contributed by atoms with Crippen molar-refractivity contribution >= 4 is 65.9 Å². The zero-order valence-corrected chi connectivity index (χ0v) is 27.7. The summed E-state index contributed by atoms with van der Waals surface area (Å²) in [5.41, 5.74) is 1.83. The van der Waals surface area contributed by atoms with Crippen LogP contribution in [0.15, 0.2) is 15.9 Å². The van der Waals surface area contributed by atoms with Crippen LogP contribution in [0.25, 0.3) is 10.2 Å². The maximum atomic E-state index is 13.5. The highest BCUT2D eigenvalue weighted by Gasteiger charge is 2.39. The number of sulfonamides is 1. The lowest BCUT2D eigenvalue weighted by Crippen LogP contribution is -2.55. The number of aryl methyl sites for hydroxylation is 2. The molecule has 0 aromatic carbocycles. The molecular formula is C27H38N8O5S3. The number of hydrogen-bond donors (Lipinski definition) is 2. The third kappa shape index (κ3) is 7.09. The Balaban J connectivity index is 1.12. The largest absolute Gasteiger partial charge is 0.444 e. The van der Waals surface area contributed by atoms with Crippen LogP contribution in [0, 0.1) is 19.8 Å². The van der Waals surface area contributed by atoms with E-state index in [9.17, 15) is 18.0 Å². The summed E-state index contributed by atoms with van der Waals surface area (Å²) < 4.78 is 35.0. The van der Waals surface area contributed by atoms with E-state index in [0.29, 0.717) is 31.9 Å². The van der Waals surface area contributed by atoms with E-state index < -0.39 is 27.6 Å². The number of nitrogens with zero attached hydrogens (tertiary/aromatic N) is 6. The Labute approximate surface area is 259 Å². The molecular weight excluding hydrogens is 613 g/mol. The van der Waals surface area contributed by atoms with E-state index in [1.165, 1.54) is 9.21 Å². The molecule has 43 heavy (non-hydrogen) atoms. The molecule has 0 spiro atoms. The Morgan fingerprint density at radius 1 is 1.14 bits per heavy atom. The topological polar surface area (TPSA) is 150 Å². The third-order valence-electron chi connectivity index (χ3n) is 7.24. The van der Waals surface area contributed by atoms with Crippen LogP contribution in [0.1, 0.15) is 39.0 Å². The van der Waals surface area contributed by atoms with E-state index >= 15 is 0 Å². The highest BCUT2D eigenvalue weighted by Crippen LogP contribution is 2.32. The highest BCUT2D eigenvalue weighted by molar-refractivity contribution is 7.91. The first kappa shape index (κ1) is 31.5. The van der Waals surface area contributed by atoms with Crippen LogP contribution in [0.5, 0.6) is 0 Å². The zero-order valence-electron chi connectivity index (χ0n) is 25.2. The number of carbonyl (C=O) groups is 2. The van der Waals surface area contributed by atoms with Crippen LogP contribution in [-0.2, 0) is 19.6 Å². The van der Waals surface area contributed by atoms with Crippen molar-refractivity contribution in [2.24, 2.45) is 5.92 Å². The average Bonchev–Trinajstić information content (AvgIpc) is 3.45. The third-order valence-corrected chi connectivity index (χ3v) is 11.9. The van der Waals surface area contributed by atoms with Crippen molar-refractivity contribution in [1.29, 1.82) is 0 Å². The molecule has 2 aliphatic rings. The van der Waals surface area contributed by atoms with Crippen LogP contribution in [0.2, 0.25) is 0 Å². The normalized spacial score (nSPS) is 18.0. The first-order valence-electron chi connectivity index (χ1n) is 14.2. The average molecular weight is 651 g/mol. The number of thiazole rings is 1. The van der Waals surface area contributed by atoms with Crippen LogP contribution >= 0.6 is 22.7 Å². The van der Waals surface area contributed by atoms with Gasteiger partial charge in [-0.1, -0.05) is 11.3 Å². The van der Waals surface area contributed by atoms with Crippen LogP contribution in [0.4, 0.5) is 15.7 Å². The summed E-state index contributed by atoms with van der Waals surface area (Å²) in [6.45, 7) is 14.3. The number of anilines is 2. The van der Waals surface area contributed by atoms with Crippen molar-refractivity contribution in [2.75, 3.05) is 56.4 Å². The molecule has 2 aliphatic heterocycles. The molecule has 2 amide bonds. The summed E-state index contributed by atoms with van der Waals surface area (Å²) in [6.07, 6.45) is 1.12. The molecule has 0 unspecified atom stereocenters. The maximum absolute atomic E-state index is 13.5. The Kier molecular flexibility index (Phi) is 8.96. The van der Waals surface area contributed by atoms with Crippen molar-refractivity contribution in [2.45, 2.75) is 57.4 Å². The van der Waals surface area contributed by atoms with Crippen LogP contribution in [-0.4, -0.2) is 107 Å². The Bertz CT molecular complexity index is 1600. The first-order chi connectivity index (χ1) is 20.2. The Morgan fingerprint density at radius 3 is 2.51 bits per heavy atom. The number of likely N-dealkylation sites (tertiary alicyclic amines) is 1. The molecule has 0 aliphatic carbocycles. The molecule has 1 atom stereocenters. The molecule has 16 heteroatoms. The van der Waals surface area contributed by atoms with E-state index in [2.05, 4.69) is 42.8 Å². The number of hydrogen-bond acceptors (Lipinski definition) is 12. The van der Waals surface area contributed by atoms with Gasteiger partial charge in [0, 0.05) is 51.9 Å². The van der Waals surface area contributed by atoms with Gasteiger partial charge >= 0.3 is 6.09 Å². The number of ether oxygens (including phenoxy) is 1. The lowest BCUT2D eigenvalue weighted by atomic mass is 10.0. The lowest BCUT2D eigenvalue weighted by molar-refractivity contribution is -0.124. The van der Waals surface area contributed by atoms with Gasteiger partial charge in [-0.3, -0.25) is 9.69 Å². The van der Waals surface area contributed by atoms with Crippen molar-refractivity contribution in [1.82, 2.24) is 29.1 Å². The highest BCUT2D eigenvalue weighted by atomic mass is 32.2. The Hall–Kier alpha value is -2.92. The number of nitrogens with one attached hydrogen (secondary N) is 2. The van der Waals surface area contributed by atoms with Crippen molar-refractivity contribution in [3.63, 3.8) is 0 Å². The molecule has 2 saturated heterocycles. The van der Waals surface area contributed by atoms with Gasteiger partial charge in [0.15, 0.2) is 9.34 Å². The Morgan fingerprint density at radius 2 is 1.84 bits per heavy atom. The van der Waals surface area contributed by atoms with E-state index in [4.69, 9.17) is 4.74 Å². The number of fused-ring (bicyclic) bond motifs is 1. The fraction of sp³-hybridized carbons (Fsp3) is 0.593. The molecule has 3 aromatic rings. The van der Waals surface area contributed by atoms with Gasteiger partial charge in [-0.05, 0) is 52.5 Å². The van der Waals surface area contributed by atoms with E-state index in [-0.39, 0.29) is 34.4 Å². The number of amides is 2. The van der Waals surface area contributed by atoms with Crippen LogP contribution in [0.3, 0.4) is 0 Å². The molecule has 5 rings (SSSR count). The summed E-state index contributed by atoms with van der Waals surface area (Å²) >= 11 is 2.58. The molecule has 0 bridgehead atoms. The van der Waals surface area contributed by atoms with Gasteiger partial charge in [0.1, 0.15) is 17.7 Å². The van der Waals surface area contributed by atoms with Gasteiger partial charge in [0.2, 0.25) is 5.91 Å². The zero-order chi connectivity index (χ0) is 31.1. The predicted octanol–water partition coefficient (Wildman–Crippen LogP) is 3.38. The SMILES string of the molecule is Cc1nc(NC(=O)C2CN(C(=O)OC(C)(C)C)C2)sc1S(=O)(=O)N1CCN(C[C@H](C)Nc2ncnc3c(C)csc23)CC1. The van der Waals surface area contributed by atoms with Crippen molar-refractivity contribution < 1.29 is 22.7 Å². The second kappa shape index (κ2) is 12.2. The number of thiophene rings is 1. The molecule has 5 heterocycles. The first-order valence-corrected chi connectivity index (χ1v) is 17.3. The van der Waals surface area contributed by atoms with E-state index in [1.807, 2.05) is 6.92 Å². The van der Waals surface area contributed by atoms with Gasteiger partial charge in [0.05, 0.1) is 21.8 Å². The second-order valence-electron chi connectivity index (χ2n) is 12.0. The second-order valence-corrected chi connectivity index (χ2v) is 16.0. The van der Waals surface area contributed by atoms with Gasteiger partial charge in [-0.25, -0.2) is 28.2 Å². The van der Waals surface area contributed by atoms with Crippen molar-refractivity contribution in [3.05, 3.63) is 23.0 Å². The van der Waals surface area contributed by atoms with E-state index in [0.717, 1.165) is 39.5 Å². The maximum Gasteiger partial charge on any atom is 0.410 e. The minimum Gasteiger partial charge on any atom is -0.444 e. The van der Waals surface area contributed by atoms with Gasteiger partial charge in [-0.15, -0.1) is 11.3 Å². The molecule has 2 fully saturated rings.